The van der Waals surface area contributed by atoms with Crippen molar-refractivity contribution in [3.63, 3.8) is 0 Å². The van der Waals surface area contributed by atoms with E-state index in [1.807, 2.05) is 45.9 Å². The van der Waals surface area contributed by atoms with Crippen molar-refractivity contribution >= 4 is 10.8 Å². The first-order valence-electron chi connectivity index (χ1n) is 7.46. The zero-order chi connectivity index (χ0) is 15.5. The van der Waals surface area contributed by atoms with Crippen LogP contribution in [0.3, 0.4) is 0 Å². The molecule has 0 spiro atoms. The Bertz CT molecular complexity index is 605. The molecule has 0 radical (unpaired) electrons. The number of fused-ring (bicyclic) bond motifs is 1. The fraction of sp³-hybridized carbons (Fsp3) is 0.444. The summed E-state index contributed by atoms with van der Waals surface area (Å²) < 4.78 is 5.95. The highest BCUT2D eigenvalue weighted by Gasteiger charge is 2.17. The third-order valence-corrected chi connectivity index (χ3v) is 3.50. The summed E-state index contributed by atoms with van der Waals surface area (Å²) in [5.41, 5.74) is 0.829. The minimum atomic E-state index is -0.313. The Balaban J connectivity index is 2.40. The van der Waals surface area contributed by atoms with Crippen molar-refractivity contribution in [1.29, 1.82) is 0 Å². The molecular formula is C18H25NO2. The molecular weight excluding hydrogens is 262 g/mol. The summed E-state index contributed by atoms with van der Waals surface area (Å²) in [6, 6.07) is 12.4. The maximum absolute atomic E-state index is 9.41. The smallest absolute Gasteiger partial charge is 0.124 e. The van der Waals surface area contributed by atoms with Crippen LogP contribution in [0.25, 0.3) is 10.8 Å². The van der Waals surface area contributed by atoms with E-state index in [0.717, 1.165) is 11.3 Å². The molecule has 114 valence electrons. The van der Waals surface area contributed by atoms with Gasteiger partial charge in [0.2, 0.25) is 0 Å². The molecule has 0 bridgehead atoms. The first-order valence-corrected chi connectivity index (χ1v) is 7.46. The zero-order valence-corrected chi connectivity index (χ0v) is 13.3. The number of aliphatic hydroxyl groups is 1. The van der Waals surface area contributed by atoms with E-state index in [2.05, 4.69) is 23.5 Å². The maximum Gasteiger partial charge on any atom is 0.124 e. The third-order valence-electron chi connectivity index (χ3n) is 3.50. The van der Waals surface area contributed by atoms with Crippen LogP contribution in [0.4, 0.5) is 0 Å². The number of rotatable bonds is 6. The minimum Gasteiger partial charge on any atom is -0.491 e. The van der Waals surface area contributed by atoms with E-state index < -0.39 is 0 Å². The van der Waals surface area contributed by atoms with Crippen molar-refractivity contribution < 1.29 is 9.84 Å². The van der Waals surface area contributed by atoms with Crippen molar-refractivity contribution in [2.75, 3.05) is 6.61 Å². The molecule has 0 fully saturated rings. The Hall–Kier alpha value is -1.58. The molecule has 2 rings (SSSR count). The van der Waals surface area contributed by atoms with Crippen LogP contribution in [0.1, 0.15) is 33.3 Å². The lowest BCUT2D eigenvalue weighted by Crippen LogP contribution is -2.42. The normalized spacial score (nSPS) is 12.1. The van der Waals surface area contributed by atoms with Gasteiger partial charge >= 0.3 is 0 Å². The topological polar surface area (TPSA) is 41.5 Å². The summed E-state index contributed by atoms with van der Waals surface area (Å²) in [6.07, 6.45) is 0.135. The van der Waals surface area contributed by atoms with Gasteiger partial charge in [0, 0.05) is 17.6 Å². The van der Waals surface area contributed by atoms with Gasteiger partial charge in [-0.3, -0.25) is 0 Å². The van der Waals surface area contributed by atoms with Gasteiger partial charge in [-0.2, -0.15) is 0 Å². The lowest BCUT2D eigenvalue weighted by molar-refractivity contribution is 0.186. The molecule has 2 N–H and O–H groups in total. The summed E-state index contributed by atoms with van der Waals surface area (Å²) in [4.78, 5) is 0. The quantitative estimate of drug-likeness (QED) is 0.854. The molecule has 0 atom stereocenters. The first-order chi connectivity index (χ1) is 9.93. The molecule has 0 saturated carbocycles. The van der Waals surface area contributed by atoms with Gasteiger partial charge in [0.25, 0.3) is 0 Å². The monoisotopic (exact) mass is 287 g/mol. The van der Waals surface area contributed by atoms with Crippen LogP contribution in [0.15, 0.2) is 36.4 Å². The van der Waals surface area contributed by atoms with Gasteiger partial charge in [0.05, 0.1) is 12.7 Å². The first kappa shape index (κ1) is 15.8. The van der Waals surface area contributed by atoms with Crippen LogP contribution in [-0.2, 0) is 6.54 Å². The molecule has 2 aromatic rings. The van der Waals surface area contributed by atoms with Crippen LogP contribution < -0.4 is 10.1 Å². The standard InChI is InChI=1S/C18H25NO2/c1-13(2)21-17-10-9-14-7-5-6-8-15(14)16(17)11-19-18(3,4)12-20/h5-10,13,19-20H,11-12H2,1-4H3. The number of aliphatic hydroxyl groups excluding tert-OH is 1. The molecule has 0 unspecified atom stereocenters. The lowest BCUT2D eigenvalue weighted by Gasteiger charge is -2.25. The van der Waals surface area contributed by atoms with Gasteiger partial charge in [-0.25, -0.2) is 0 Å². The molecule has 0 heterocycles. The highest BCUT2D eigenvalue weighted by molar-refractivity contribution is 5.87. The molecule has 0 amide bonds. The molecule has 0 aliphatic carbocycles. The largest absolute Gasteiger partial charge is 0.491 e. The van der Waals surface area contributed by atoms with Crippen LogP contribution in [0.5, 0.6) is 5.75 Å². The van der Waals surface area contributed by atoms with E-state index in [0.29, 0.717) is 6.54 Å². The molecule has 3 nitrogen and oxygen atoms in total. The van der Waals surface area contributed by atoms with Gasteiger partial charge in [-0.1, -0.05) is 30.3 Å². The second-order valence-corrected chi connectivity index (χ2v) is 6.33. The summed E-state index contributed by atoms with van der Waals surface area (Å²) in [7, 11) is 0. The van der Waals surface area contributed by atoms with E-state index in [4.69, 9.17) is 4.74 Å². The van der Waals surface area contributed by atoms with Crippen molar-refractivity contribution in [2.24, 2.45) is 0 Å². The lowest BCUT2D eigenvalue weighted by atomic mass is 10.0. The summed E-state index contributed by atoms with van der Waals surface area (Å²) in [5, 5.41) is 15.2. The molecule has 2 aromatic carbocycles. The Morgan fingerprint density at radius 1 is 1.14 bits per heavy atom. The van der Waals surface area contributed by atoms with Crippen molar-refractivity contribution in [3.05, 3.63) is 42.0 Å². The highest BCUT2D eigenvalue weighted by atomic mass is 16.5. The number of hydrogen-bond donors (Lipinski definition) is 2. The Kier molecular flexibility index (Phi) is 4.86. The number of nitrogens with one attached hydrogen (secondary N) is 1. The molecule has 0 saturated heterocycles. The van der Waals surface area contributed by atoms with Crippen LogP contribution in [-0.4, -0.2) is 23.4 Å². The van der Waals surface area contributed by atoms with E-state index in [1.165, 1.54) is 10.8 Å². The minimum absolute atomic E-state index is 0.0954. The summed E-state index contributed by atoms with van der Waals surface area (Å²) in [6.45, 7) is 8.80. The average molecular weight is 287 g/mol. The third kappa shape index (κ3) is 3.96. The summed E-state index contributed by atoms with van der Waals surface area (Å²) in [5.74, 6) is 0.907. The Morgan fingerprint density at radius 2 is 1.86 bits per heavy atom. The van der Waals surface area contributed by atoms with Crippen molar-refractivity contribution in [3.8, 4) is 5.75 Å². The van der Waals surface area contributed by atoms with Gasteiger partial charge in [-0.15, -0.1) is 0 Å². The van der Waals surface area contributed by atoms with Gasteiger partial charge in [0.1, 0.15) is 5.75 Å². The fourth-order valence-corrected chi connectivity index (χ4v) is 2.25. The SMILES string of the molecule is CC(C)Oc1ccc2ccccc2c1CNC(C)(C)CO. The predicted octanol–water partition coefficient (Wildman–Crippen LogP) is 3.49. The average Bonchev–Trinajstić information content (AvgIpc) is 2.45. The van der Waals surface area contributed by atoms with Crippen LogP contribution in [0, 0.1) is 0 Å². The number of benzene rings is 2. The van der Waals surface area contributed by atoms with Gasteiger partial charge in [0.15, 0.2) is 0 Å². The van der Waals surface area contributed by atoms with Crippen molar-refractivity contribution in [2.45, 2.75) is 45.9 Å². The van der Waals surface area contributed by atoms with Gasteiger partial charge < -0.3 is 15.2 Å². The molecule has 3 heteroatoms. The second kappa shape index (κ2) is 6.46. The van der Waals surface area contributed by atoms with Gasteiger partial charge in [-0.05, 0) is 44.5 Å². The number of hydrogen-bond acceptors (Lipinski definition) is 3. The predicted molar refractivity (Wildman–Crippen MR) is 87.7 cm³/mol. The highest BCUT2D eigenvalue weighted by Crippen LogP contribution is 2.29. The van der Waals surface area contributed by atoms with Crippen molar-refractivity contribution in [1.82, 2.24) is 5.32 Å². The number of ether oxygens (including phenoxy) is 1. The molecule has 0 aromatic heterocycles. The molecule has 21 heavy (non-hydrogen) atoms. The van der Waals surface area contributed by atoms with E-state index >= 15 is 0 Å². The molecule has 0 aliphatic rings. The molecule has 0 aliphatic heterocycles. The zero-order valence-electron chi connectivity index (χ0n) is 13.3. The second-order valence-electron chi connectivity index (χ2n) is 6.33. The van der Waals surface area contributed by atoms with E-state index in [9.17, 15) is 5.11 Å². The van der Waals surface area contributed by atoms with Crippen LogP contribution >= 0.6 is 0 Å². The Morgan fingerprint density at radius 3 is 2.52 bits per heavy atom. The maximum atomic E-state index is 9.41. The Labute approximate surface area is 126 Å². The fourth-order valence-electron chi connectivity index (χ4n) is 2.25. The summed E-state index contributed by atoms with van der Waals surface area (Å²) >= 11 is 0. The van der Waals surface area contributed by atoms with Crippen LogP contribution in [0.2, 0.25) is 0 Å². The van der Waals surface area contributed by atoms with E-state index in [-0.39, 0.29) is 18.2 Å². The van der Waals surface area contributed by atoms with E-state index in [1.54, 1.807) is 0 Å².